The summed E-state index contributed by atoms with van der Waals surface area (Å²) in [6.07, 6.45) is 9.03. The molecule has 1 aromatic carbocycles. The molecule has 2 N–H and O–H groups in total. The average Bonchev–Trinajstić information content (AvgIpc) is 3.75. The van der Waals surface area contributed by atoms with Gasteiger partial charge in [-0.3, -0.25) is 9.36 Å². The molecular formula is C48H67N7O4Si. The molecule has 2 saturated heterocycles. The van der Waals surface area contributed by atoms with Crippen LogP contribution < -0.4 is 10.6 Å². The number of Topliss-reactive ketones (excluding diaryl/α,β-unsaturated/α-hetero) is 1. The first-order valence-corrected chi connectivity index (χ1v) is 25.7. The van der Waals surface area contributed by atoms with Crippen LogP contribution >= 0.6 is 0 Å². The van der Waals surface area contributed by atoms with Gasteiger partial charge in [-0.15, -0.1) is 0 Å². The lowest BCUT2D eigenvalue weighted by Gasteiger charge is -2.44. The van der Waals surface area contributed by atoms with E-state index in [4.69, 9.17) is 19.4 Å². The molecule has 1 saturated carbocycles. The predicted molar refractivity (Wildman–Crippen MR) is 244 cm³/mol. The second-order valence-electron chi connectivity index (χ2n) is 20.4. The molecule has 60 heavy (non-hydrogen) atoms. The first kappa shape index (κ1) is 43.8. The lowest BCUT2D eigenvalue weighted by Crippen LogP contribution is -2.55. The van der Waals surface area contributed by atoms with Crippen molar-refractivity contribution in [3.8, 4) is 11.3 Å². The Kier molecular flexibility index (Phi) is 12.6. The third-order valence-electron chi connectivity index (χ3n) is 12.5. The van der Waals surface area contributed by atoms with Crippen LogP contribution in [0.4, 0.5) is 4.79 Å². The molecule has 12 heteroatoms. The molecule has 322 valence electrons. The molecule has 1 aliphatic carbocycles. The molecule has 0 spiro atoms. The molecule has 4 atom stereocenters. The van der Waals surface area contributed by atoms with Gasteiger partial charge in [-0.25, -0.2) is 24.3 Å². The Morgan fingerprint density at radius 1 is 0.967 bits per heavy atom. The smallest absolute Gasteiger partial charge is 0.420 e. The highest BCUT2D eigenvalue weighted by atomic mass is 28.3. The van der Waals surface area contributed by atoms with E-state index in [-0.39, 0.29) is 23.7 Å². The van der Waals surface area contributed by atoms with E-state index in [1.807, 2.05) is 57.9 Å². The lowest BCUT2D eigenvalue weighted by atomic mass is 9.66. The number of hydrogen-bond acceptors (Lipinski definition) is 9. The number of imidazole rings is 1. The number of ketones is 1. The third kappa shape index (κ3) is 9.62. The molecule has 5 aromatic rings. The van der Waals surface area contributed by atoms with E-state index in [1.165, 1.54) is 6.42 Å². The highest BCUT2D eigenvalue weighted by Crippen LogP contribution is 2.43. The maximum absolute atomic E-state index is 14.5. The van der Waals surface area contributed by atoms with Crippen LogP contribution in [0.15, 0.2) is 49.1 Å². The summed E-state index contributed by atoms with van der Waals surface area (Å²) in [6.45, 7) is 26.7. The van der Waals surface area contributed by atoms with Gasteiger partial charge >= 0.3 is 6.09 Å². The van der Waals surface area contributed by atoms with Gasteiger partial charge in [0.05, 0.1) is 17.4 Å². The summed E-state index contributed by atoms with van der Waals surface area (Å²) in [5.74, 6) is 0.746. The maximum atomic E-state index is 14.5. The minimum atomic E-state index is -1.16. The van der Waals surface area contributed by atoms with E-state index >= 15 is 0 Å². The number of nitrogens with one attached hydrogen (secondary N) is 2. The predicted octanol–water partition coefficient (Wildman–Crippen LogP) is 9.33. The van der Waals surface area contributed by atoms with Crippen LogP contribution in [0.1, 0.15) is 94.5 Å². The largest absolute Gasteiger partial charge is 0.443 e. The number of carbonyl (C=O) groups is 2. The van der Waals surface area contributed by atoms with Crippen molar-refractivity contribution in [2.24, 2.45) is 11.8 Å². The molecule has 2 aliphatic heterocycles. The Morgan fingerprint density at radius 3 is 2.35 bits per heavy atom. The summed E-state index contributed by atoms with van der Waals surface area (Å²) >= 11 is 0. The fraction of sp³-hybridized carbons (Fsp3) is 0.562. The molecule has 3 fully saturated rings. The lowest BCUT2D eigenvalue weighted by molar-refractivity contribution is -0.131. The zero-order valence-corrected chi connectivity index (χ0v) is 38.9. The quantitative estimate of drug-likeness (QED) is 0.0785. The number of ether oxygens (including phenoxy) is 2. The van der Waals surface area contributed by atoms with Crippen molar-refractivity contribution < 1.29 is 19.1 Å². The van der Waals surface area contributed by atoms with Crippen LogP contribution in [0.2, 0.25) is 25.7 Å². The van der Waals surface area contributed by atoms with Gasteiger partial charge in [-0.2, -0.15) is 0 Å². The van der Waals surface area contributed by atoms with Crippen LogP contribution in [0.25, 0.3) is 33.5 Å². The normalized spacial score (nSPS) is 19.0. The maximum Gasteiger partial charge on any atom is 0.420 e. The van der Waals surface area contributed by atoms with E-state index in [1.54, 1.807) is 4.57 Å². The van der Waals surface area contributed by atoms with Gasteiger partial charge in [0, 0.05) is 51.0 Å². The molecule has 0 amide bonds. The molecule has 8 rings (SSSR count). The Bertz CT molecular complexity index is 2340. The summed E-state index contributed by atoms with van der Waals surface area (Å²) < 4.78 is 15.7. The number of rotatable bonds is 15. The number of hydrogen-bond donors (Lipinski definition) is 2. The third-order valence-corrected chi connectivity index (χ3v) is 14.2. The molecule has 6 heterocycles. The zero-order chi connectivity index (χ0) is 43.1. The van der Waals surface area contributed by atoms with Crippen LogP contribution in [0.5, 0.6) is 0 Å². The number of carbonyl (C=O) groups excluding carboxylic acids is 2. The van der Waals surface area contributed by atoms with Crippen LogP contribution in [-0.4, -0.2) is 81.9 Å². The minimum absolute atomic E-state index is 0.0202. The number of pyridine rings is 2. The van der Waals surface area contributed by atoms with Gasteiger partial charge in [-0.1, -0.05) is 43.8 Å². The van der Waals surface area contributed by atoms with E-state index in [2.05, 4.69) is 86.4 Å². The number of piperidine rings is 2. The Hall–Kier alpha value is -4.23. The van der Waals surface area contributed by atoms with Crippen molar-refractivity contribution in [1.29, 1.82) is 0 Å². The second kappa shape index (κ2) is 17.3. The van der Waals surface area contributed by atoms with Crippen molar-refractivity contribution >= 4 is 42.1 Å². The second-order valence-corrected chi connectivity index (χ2v) is 26.1. The summed E-state index contributed by atoms with van der Waals surface area (Å²) in [5.41, 5.74) is 7.60. The van der Waals surface area contributed by atoms with Gasteiger partial charge in [0.2, 0.25) is 0 Å². The number of aryl methyl sites for hydroxylation is 2. The van der Waals surface area contributed by atoms with Crippen molar-refractivity contribution in [1.82, 2.24) is 34.7 Å². The Labute approximate surface area is 357 Å². The van der Waals surface area contributed by atoms with Gasteiger partial charge < -0.3 is 20.1 Å². The molecule has 11 nitrogen and oxygen atoms in total. The first-order chi connectivity index (χ1) is 28.3. The zero-order valence-electron chi connectivity index (χ0n) is 37.9. The topological polar surface area (TPSA) is 125 Å². The highest BCUT2D eigenvalue weighted by molar-refractivity contribution is 6.76. The summed E-state index contributed by atoms with van der Waals surface area (Å²) in [4.78, 5) is 43.3. The summed E-state index contributed by atoms with van der Waals surface area (Å²) in [6, 6.07) is 12.0. The highest BCUT2D eigenvalue weighted by Gasteiger charge is 2.45. The first-order valence-electron chi connectivity index (χ1n) is 22.0. The van der Waals surface area contributed by atoms with Crippen LogP contribution in [0.3, 0.4) is 0 Å². The minimum Gasteiger partial charge on any atom is -0.443 e. The number of fused-ring (bicyclic) bond motifs is 5. The van der Waals surface area contributed by atoms with Crippen LogP contribution in [0, 0.1) is 25.7 Å². The standard InChI is InChI=1S/C48H67N7O4Si/c1-30-18-31(2)20-35(19-30)42-41(32(3)24-49-15-14-34-22-40-45(51-26-34)54(28-53-40)29-58-16-17-60(9,10)11)38-23-36(27-52-44(38)55(42)46(57)59-47(4,5)6)48(7,8)43(56)37-21-33-12-13-39(37)50-25-33/h18-20,22-23,26-28,32-33,37,39,49-50H,12-17,21,24-25,29H2,1-11H3. The average molecular weight is 834 g/mol. The van der Waals surface area contributed by atoms with Crippen LogP contribution in [-0.2, 0) is 32.8 Å². The van der Waals surface area contributed by atoms with Crippen molar-refractivity contribution in [2.75, 3.05) is 26.2 Å². The Balaban J connectivity index is 1.19. The van der Waals surface area contributed by atoms with E-state index < -0.39 is 25.2 Å². The Morgan fingerprint density at radius 2 is 1.70 bits per heavy atom. The van der Waals surface area contributed by atoms with Gasteiger partial charge in [0.15, 0.2) is 5.65 Å². The molecule has 4 aromatic heterocycles. The summed E-state index contributed by atoms with van der Waals surface area (Å²) in [5, 5.41) is 8.22. The van der Waals surface area contributed by atoms with Crippen molar-refractivity contribution in [2.45, 2.75) is 136 Å². The number of benzene rings is 1. The molecule has 4 unspecified atom stereocenters. The SMILES string of the molecule is Cc1cc(C)cc(-c2c(C(C)CNCCc3cnc4c(c3)ncn4COCC[Si](C)(C)C)c3cc(C(C)(C)C(=O)C4CC5CCC4NC5)cnc3n2C(=O)OC(C)(C)C)c1. The molecule has 2 bridgehead atoms. The van der Waals surface area contributed by atoms with Gasteiger partial charge in [0.25, 0.3) is 0 Å². The van der Waals surface area contributed by atoms with Crippen molar-refractivity contribution in [3.63, 3.8) is 0 Å². The van der Waals surface area contributed by atoms with Gasteiger partial charge in [0.1, 0.15) is 29.3 Å². The molecule has 3 aliphatic rings. The fourth-order valence-electron chi connectivity index (χ4n) is 9.23. The van der Waals surface area contributed by atoms with E-state index in [0.717, 1.165) is 101 Å². The number of nitrogens with zero attached hydrogens (tertiary/aromatic N) is 5. The monoisotopic (exact) mass is 834 g/mol. The van der Waals surface area contributed by atoms with Gasteiger partial charge in [-0.05, 0) is 152 Å². The summed E-state index contributed by atoms with van der Waals surface area (Å²) in [7, 11) is -1.16. The van der Waals surface area contributed by atoms with Crippen molar-refractivity contribution in [3.05, 3.63) is 76.9 Å². The van der Waals surface area contributed by atoms with E-state index in [0.29, 0.717) is 24.8 Å². The molecule has 0 radical (unpaired) electrons. The number of aromatic nitrogens is 5. The van der Waals surface area contributed by atoms with E-state index in [9.17, 15) is 9.59 Å². The fourth-order valence-corrected chi connectivity index (χ4v) is 9.98. The molecular weight excluding hydrogens is 767 g/mol.